The average molecular weight is 483 g/mol. The maximum Gasteiger partial charge on any atom is 0.229 e. The van der Waals surface area contributed by atoms with Gasteiger partial charge in [0.05, 0.1) is 0 Å². The van der Waals surface area contributed by atoms with E-state index < -0.39 is 0 Å². The van der Waals surface area contributed by atoms with Crippen LogP contribution in [0.2, 0.25) is 0 Å². The lowest BCUT2D eigenvalue weighted by Crippen LogP contribution is -2.25. The summed E-state index contributed by atoms with van der Waals surface area (Å²) in [6.07, 6.45) is 9.07. The van der Waals surface area contributed by atoms with Gasteiger partial charge in [-0.15, -0.1) is 0 Å². The van der Waals surface area contributed by atoms with Gasteiger partial charge in [0.25, 0.3) is 0 Å². The third-order valence-corrected chi connectivity index (χ3v) is 8.93. The summed E-state index contributed by atoms with van der Waals surface area (Å²) in [5.41, 5.74) is 6.73. The van der Waals surface area contributed by atoms with Crippen molar-refractivity contribution in [3.8, 4) is 0 Å². The van der Waals surface area contributed by atoms with Crippen LogP contribution in [0.3, 0.4) is 0 Å². The maximum atomic E-state index is 13.6. The molecule has 2 unspecified atom stereocenters. The molecular formula is C33H38O3. The molecule has 0 amide bonds. The van der Waals surface area contributed by atoms with E-state index in [-0.39, 0.29) is 35.1 Å². The van der Waals surface area contributed by atoms with Crippen molar-refractivity contribution in [1.29, 1.82) is 0 Å². The topological polar surface area (TPSA) is 51.2 Å². The highest BCUT2D eigenvalue weighted by Crippen LogP contribution is 2.42. The summed E-state index contributed by atoms with van der Waals surface area (Å²) in [7, 11) is 0. The quantitative estimate of drug-likeness (QED) is 0.295. The second kappa shape index (κ2) is 9.92. The second-order valence-corrected chi connectivity index (χ2v) is 11.7. The van der Waals surface area contributed by atoms with Crippen LogP contribution in [0.25, 0.3) is 5.57 Å². The zero-order valence-corrected chi connectivity index (χ0v) is 22.1. The molecule has 2 atom stereocenters. The summed E-state index contributed by atoms with van der Waals surface area (Å²) in [6, 6.07) is 12.8. The van der Waals surface area contributed by atoms with Gasteiger partial charge in [0.2, 0.25) is 11.6 Å². The molecule has 0 aromatic heterocycles. The van der Waals surface area contributed by atoms with Crippen LogP contribution in [0.1, 0.15) is 96.5 Å². The van der Waals surface area contributed by atoms with E-state index in [9.17, 15) is 14.4 Å². The van der Waals surface area contributed by atoms with Gasteiger partial charge >= 0.3 is 0 Å². The Kier molecular flexibility index (Phi) is 6.85. The molecule has 2 aromatic carbocycles. The van der Waals surface area contributed by atoms with Crippen LogP contribution in [0, 0.1) is 37.5 Å². The van der Waals surface area contributed by atoms with Crippen molar-refractivity contribution in [3.05, 3.63) is 75.9 Å². The molecule has 2 aromatic rings. The zero-order chi connectivity index (χ0) is 25.6. The molecule has 5 rings (SSSR count). The van der Waals surface area contributed by atoms with Gasteiger partial charge in [0.15, 0.2) is 5.78 Å². The molecule has 0 heterocycles. The highest BCUT2D eigenvalue weighted by atomic mass is 16.2. The van der Waals surface area contributed by atoms with E-state index in [1.807, 2.05) is 26.0 Å². The Morgan fingerprint density at radius 1 is 0.917 bits per heavy atom. The molecule has 3 heteroatoms. The van der Waals surface area contributed by atoms with Gasteiger partial charge in [-0.1, -0.05) is 55.8 Å². The third kappa shape index (κ3) is 4.90. The first-order valence-corrected chi connectivity index (χ1v) is 13.8. The summed E-state index contributed by atoms with van der Waals surface area (Å²) >= 11 is 0. The number of rotatable bonds is 8. The average Bonchev–Trinajstić information content (AvgIpc) is 3.68. The summed E-state index contributed by atoms with van der Waals surface area (Å²) in [5.74, 6) is 0.440. The lowest BCUT2D eigenvalue weighted by molar-refractivity contribution is -0.135. The van der Waals surface area contributed by atoms with Crippen molar-refractivity contribution in [2.75, 3.05) is 0 Å². The molecule has 0 spiro atoms. The van der Waals surface area contributed by atoms with Crippen LogP contribution in [0.5, 0.6) is 0 Å². The van der Waals surface area contributed by atoms with E-state index in [4.69, 9.17) is 0 Å². The molecule has 0 saturated heterocycles. The van der Waals surface area contributed by atoms with Crippen molar-refractivity contribution in [1.82, 2.24) is 0 Å². The molecular weight excluding hydrogens is 444 g/mol. The fourth-order valence-corrected chi connectivity index (χ4v) is 6.29. The van der Waals surface area contributed by atoms with Crippen LogP contribution in [-0.2, 0) is 16.0 Å². The van der Waals surface area contributed by atoms with E-state index >= 15 is 0 Å². The van der Waals surface area contributed by atoms with Crippen LogP contribution in [-0.4, -0.2) is 17.3 Å². The Labute approximate surface area is 215 Å². The summed E-state index contributed by atoms with van der Waals surface area (Å²) in [4.78, 5) is 39.7. The van der Waals surface area contributed by atoms with Gasteiger partial charge in [0, 0.05) is 28.9 Å². The minimum Gasteiger partial charge on any atom is -0.294 e. The number of carbonyl (C=O) groups excluding carboxylic acids is 3. The van der Waals surface area contributed by atoms with E-state index in [0.29, 0.717) is 17.4 Å². The van der Waals surface area contributed by atoms with Crippen molar-refractivity contribution in [2.45, 2.75) is 78.6 Å². The van der Waals surface area contributed by atoms with E-state index in [0.717, 1.165) is 67.2 Å². The number of hydrogen-bond acceptors (Lipinski definition) is 3. The van der Waals surface area contributed by atoms with Gasteiger partial charge in [-0.05, 0) is 98.9 Å². The van der Waals surface area contributed by atoms with E-state index in [1.165, 1.54) is 11.1 Å². The predicted octanol–water partition coefficient (Wildman–Crippen LogP) is 7.22. The number of benzene rings is 2. The minimum absolute atomic E-state index is 0.0366. The Balaban J connectivity index is 1.29. The molecule has 188 valence electrons. The maximum absolute atomic E-state index is 13.6. The number of allylic oxidation sites excluding steroid dienone is 2. The normalized spacial score (nSPS) is 24.1. The second-order valence-electron chi connectivity index (χ2n) is 11.7. The zero-order valence-electron chi connectivity index (χ0n) is 22.1. The predicted molar refractivity (Wildman–Crippen MR) is 144 cm³/mol. The number of Topliss-reactive ketones (excluding diaryl/α,β-unsaturated/α-hetero) is 3. The first-order chi connectivity index (χ1) is 17.2. The van der Waals surface area contributed by atoms with Gasteiger partial charge in [-0.3, -0.25) is 14.4 Å². The smallest absolute Gasteiger partial charge is 0.229 e. The molecule has 2 fully saturated rings. The number of ketones is 3. The Hall–Kier alpha value is -2.81. The SMILES string of the molecule is Cc1ccc(CC2CCC(C(=O)c3cc4c(cc3C)C(C)C=C4C(=O)C(=O)C(C)C3CC3)CC2)cc1. The molecule has 0 N–H and O–H groups in total. The Bertz CT molecular complexity index is 1220. The molecule has 3 aliphatic rings. The molecule has 0 radical (unpaired) electrons. The number of carbonyl (C=O) groups is 3. The third-order valence-electron chi connectivity index (χ3n) is 8.93. The summed E-state index contributed by atoms with van der Waals surface area (Å²) < 4.78 is 0. The van der Waals surface area contributed by atoms with Crippen LogP contribution >= 0.6 is 0 Å². The molecule has 0 aliphatic heterocycles. The van der Waals surface area contributed by atoms with Crippen molar-refractivity contribution in [2.24, 2.45) is 23.7 Å². The van der Waals surface area contributed by atoms with Crippen molar-refractivity contribution < 1.29 is 14.4 Å². The molecule has 36 heavy (non-hydrogen) atoms. The molecule has 2 saturated carbocycles. The number of aryl methyl sites for hydroxylation is 2. The molecule has 3 aliphatic carbocycles. The Morgan fingerprint density at radius 3 is 2.22 bits per heavy atom. The number of hydrogen-bond donors (Lipinski definition) is 0. The first-order valence-electron chi connectivity index (χ1n) is 13.8. The highest BCUT2D eigenvalue weighted by Gasteiger charge is 2.38. The van der Waals surface area contributed by atoms with E-state index in [2.05, 4.69) is 44.2 Å². The largest absolute Gasteiger partial charge is 0.294 e. The van der Waals surface area contributed by atoms with Crippen molar-refractivity contribution >= 4 is 22.9 Å². The fraction of sp³-hybridized carbons (Fsp3) is 0.485. The Morgan fingerprint density at radius 2 is 1.58 bits per heavy atom. The van der Waals surface area contributed by atoms with Gasteiger partial charge < -0.3 is 0 Å². The molecule has 0 bridgehead atoms. The molecule has 3 nitrogen and oxygen atoms in total. The van der Waals surface area contributed by atoms with Gasteiger partial charge in [0.1, 0.15) is 0 Å². The van der Waals surface area contributed by atoms with Gasteiger partial charge in [-0.25, -0.2) is 0 Å². The lowest BCUT2D eigenvalue weighted by atomic mass is 9.76. The first kappa shape index (κ1) is 24.9. The monoisotopic (exact) mass is 482 g/mol. The lowest BCUT2D eigenvalue weighted by Gasteiger charge is -2.28. The summed E-state index contributed by atoms with van der Waals surface area (Å²) in [5, 5.41) is 0. The fourth-order valence-electron chi connectivity index (χ4n) is 6.29. The van der Waals surface area contributed by atoms with Crippen LogP contribution in [0.4, 0.5) is 0 Å². The van der Waals surface area contributed by atoms with E-state index in [1.54, 1.807) is 0 Å². The summed E-state index contributed by atoms with van der Waals surface area (Å²) in [6.45, 7) is 8.06. The standard InChI is InChI=1S/C33H38O3/c1-19-5-7-23(8-6-19)17-24-9-11-26(12-10-24)32(35)28-18-29-27(15-21(28)3)20(2)16-30(29)33(36)31(34)22(4)25-13-14-25/h5-8,15-16,18,20,22,24-26H,9-14,17H2,1-4H3. The highest BCUT2D eigenvalue weighted by molar-refractivity contribution is 6.55. The minimum atomic E-state index is -0.376. The van der Waals surface area contributed by atoms with Gasteiger partial charge in [-0.2, -0.15) is 0 Å². The van der Waals surface area contributed by atoms with Crippen LogP contribution < -0.4 is 0 Å². The van der Waals surface area contributed by atoms with Crippen LogP contribution in [0.15, 0.2) is 42.5 Å². The number of fused-ring (bicyclic) bond motifs is 1. The van der Waals surface area contributed by atoms with Crippen molar-refractivity contribution in [3.63, 3.8) is 0 Å².